The van der Waals surface area contributed by atoms with E-state index in [9.17, 15) is 13.2 Å². The van der Waals surface area contributed by atoms with Gasteiger partial charge < -0.3 is 18.8 Å². The largest absolute Gasteiger partial charge is 0.497 e. The number of aryl methyl sites for hydroxylation is 1. The van der Waals surface area contributed by atoms with Crippen LogP contribution in [0.25, 0.3) is 0 Å². The molecule has 2 heterocycles. The molecule has 0 aliphatic carbocycles. The number of hydrogen-bond acceptors (Lipinski definition) is 6. The van der Waals surface area contributed by atoms with E-state index < -0.39 is 15.1 Å². The van der Waals surface area contributed by atoms with Gasteiger partial charge in [-0.15, -0.1) is 0 Å². The summed E-state index contributed by atoms with van der Waals surface area (Å²) >= 11 is 0. The van der Waals surface area contributed by atoms with E-state index in [2.05, 4.69) is 0 Å². The molecule has 158 valence electrons. The number of nitrogens with zero attached hydrogens (tertiary/aromatic N) is 1. The molecule has 8 heteroatoms. The molecule has 1 fully saturated rings. The SMILES string of the molecule is COc1ccc(CCC(=O)N2CCC(S(=O)(=O)Cc3ccco3)CC2)c(OC)c1. The van der Waals surface area contributed by atoms with Crippen molar-refractivity contribution in [3.8, 4) is 11.5 Å². The lowest BCUT2D eigenvalue weighted by molar-refractivity contribution is -0.132. The maximum atomic E-state index is 12.6. The lowest BCUT2D eigenvalue weighted by atomic mass is 10.1. The number of furan rings is 1. The molecular formula is C21H27NO6S. The molecule has 0 bridgehead atoms. The van der Waals surface area contributed by atoms with E-state index in [0.29, 0.717) is 56.0 Å². The number of methoxy groups -OCH3 is 2. The summed E-state index contributed by atoms with van der Waals surface area (Å²) in [5, 5.41) is -0.432. The zero-order valence-corrected chi connectivity index (χ0v) is 17.6. The summed E-state index contributed by atoms with van der Waals surface area (Å²) in [6.45, 7) is 0.918. The lowest BCUT2D eigenvalue weighted by Crippen LogP contribution is -2.42. The maximum absolute atomic E-state index is 12.6. The fourth-order valence-corrected chi connectivity index (χ4v) is 5.36. The van der Waals surface area contributed by atoms with Gasteiger partial charge >= 0.3 is 0 Å². The number of benzene rings is 1. The minimum Gasteiger partial charge on any atom is -0.497 e. The molecule has 3 rings (SSSR count). The first-order valence-corrected chi connectivity index (χ1v) is 11.4. The van der Waals surface area contributed by atoms with Crippen molar-refractivity contribution in [2.45, 2.75) is 36.7 Å². The van der Waals surface area contributed by atoms with Gasteiger partial charge in [0.2, 0.25) is 5.91 Å². The van der Waals surface area contributed by atoms with Crippen LogP contribution in [0.4, 0.5) is 0 Å². The van der Waals surface area contributed by atoms with Gasteiger partial charge in [0, 0.05) is 25.6 Å². The number of amides is 1. The van der Waals surface area contributed by atoms with Gasteiger partial charge in [0.15, 0.2) is 9.84 Å². The third-order valence-electron chi connectivity index (χ3n) is 5.33. The topological polar surface area (TPSA) is 86.0 Å². The monoisotopic (exact) mass is 421 g/mol. The Bertz CT molecular complexity index is 915. The number of hydrogen-bond donors (Lipinski definition) is 0. The maximum Gasteiger partial charge on any atom is 0.222 e. The molecular weight excluding hydrogens is 394 g/mol. The Morgan fingerprint density at radius 2 is 1.93 bits per heavy atom. The van der Waals surface area contributed by atoms with Gasteiger partial charge in [-0.1, -0.05) is 6.07 Å². The third-order valence-corrected chi connectivity index (χ3v) is 7.50. The molecule has 0 spiro atoms. The van der Waals surface area contributed by atoms with Gasteiger partial charge in [0.05, 0.1) is 25.7 Å². The van der Waals surface area contributed by atoms with Crippen LogP contribution in [0.2, 0.25) is 0 Å². The van der Waals surface area contributed by atoms with Crippen LogP contribution in [-0.2, 0) is 26.8 Å². The molecule has 1 aromatic heterocycles. The van der Waals surface area contributed by atoms with Crippen LogP contribution < -0.4 is 9.47 Å². The van der Waals surface area contributed by atoms with Crippen LogP contribution in [0.15, 0.2) is 41.0 Å². The summed E-state index contributed by atoms with van der Waals surface area (Å²) in [6.07, 6.45) is 3.31. The predicted octanol–water partition coefficient (Wildman–Crippen LogP) is 2.84. The van der Waals surface area contributed by atoms with Gasteiger partial charge in [-0.05, 0) is 43.0 Å². The van der Waals surface area contributed by atoms with Crippen molar-refractivity contribution < 1.29 is 27.1 Å². The summed E-state index contributed by atoms with van der Waals surface area (Å²) in [4.78, 5) is 14.4. The predicted molar refractivity (Wildman–Crippen MR) is 109 cm³/mol. The van der Waals surface area contributed by atoms with E-state index in [-0.39, 0.29) is 11.7 Å². The summed E-state index contributed by atoms with van der Waals surface area (Å²) in [5.41, 5.74) is 0.942. The first kappa shape index (κ1) is 21.2. The minimum atomic E-state index is -3.29. The quantitative estimate of drug-likeness (QED) is 0.652. The molecule has 7 nitrogen and oxygen atoms in total. The normalized spacial score (nSPS) is 15.3. The molecule has 0 atom stereocenters. The van der Waals surface area contributed by atoms with E-state index in [4.69, 9.17) is 13.9 Å². The van der Waals surface area contributed by atoms with Crippen LogP contribution in [0.1, 0.15) is 30.6 Å². The standard InChI is InChI=1S/C21H27NO6S/c1-26-17-7-5-16(20(14-17)27-2)6-8-21(23)22-11-9-19(10-12-22)29(24,25)15-18-4-3-13-28-18/h3-5,7,13-14,19H,6,8-12,15H2,1-2H3. The average molecular weight is 422 g/mol. The molecule has 1 aromatic carbocycles. The van der Waals surface area contributed by atoms with E-state index in [1.165, 1.54) is 6.26 Å². The number of sulfone groups is 1. The van der Waals surface area contributed by atoms with E-state index in [1.54, 1.807) is 37.3 Å². The molecule has 0 saturated carbocycles. The highest BCUT2D eigenvalue weighted by Crippen LogP contribution is 2.26. The second kappa shape index (κ2) is 9.35. The van der Waals surface area contributed by atoms with Crippen molar-refractivity contribution >= 4 is 15.7 Å². The molecule has 1 aliphatic rings. The zero-order valence-electron chi connectivity index (χ0n) is 16.8. The minimum absolute atomic E-state index is 0.0322. The number of ether oxygens (including phenoxy) is 2. The van der Waals surface area contributed by atoms with Crippen molar-refractivity contribution in [3.05, 3.63) is 47.9 Å². The van der Waals surface area contributed by atoms with Crippen LogP contribution in [0.3, 0.4) is 0 Å². The number of carbonyl (C=O) groups excluding carboxylic acids is 1. The highest BCUT2D eigenvalue weighted by atomic mass is 32.2. The van der Waals surface area contributed by atoms with Gasteiger partial charge in [-0.3, -0.25) is 4.79 Å². The number of rotatable bonds is 8. The Labute approximate surface area is 171 Å². The summed E-state index contributed by atoms with van der Waals surface area (Å²) in [7, 11) is -0.101. The van der Waals surface area contributed by atoms with Gasteiger partial charge in [-0.2, -0.15) is 0 Å². The Kier molecular flexibility index (Phi) is 6.84. The van der Waals surface area contributed by atoms with Crippen LogP contribution in [0.5, 0.6) is 11.5 Å². The fraction of sp³-hybridized carbons (Fsp3) is 0.476. The van der Waals surface area contributed by atoms with Crippen LogP contribution in [-0.4, -0.2) is 51.8 Å². The molecule has 0 radical (unpaired) electrons. The Morgan fingerprint density at radius 1 is 1.17 bits per heavy atom. The first-order chi connectivity index (χ1) is 13.9. The first-order valence-electron chi connectivity index (χ1n) is 9.65. The number of piperidine rings is 1. The molecule has 1 amide bonds. The molecule has 2 aromatic rings. The highest BCUT2D eigenvalue weighted by Gasteiger charge is 2.32. The second-order valence-electron chi connectivity index (χ2n) is 7.14. The van der Waals surface area contributed by atoms with E-state index >= 15 is 0 Å². The Morgan fingerprint density at radius 3 is 2.55 bits per heavy atom. The molecule has 0 N–H and O–H groups in total. The zero-order chi connectivity index (χ0) is 20.9. The van der Waals surface area contributed by atoms with Crippen LogP contribution >= 0.6 is 0 Å². The smallest absolute Gasteiger partial charge is 0.222 e. The molecule has 29 heavy (non-hydrogen) atoms. The van der Waals surface area contributed by atoms with Gasteiger partial charge in [0.25, 0.3) is 0 Å². The number of likely N-dealkylation sites (tertiary alicyclic amines) is 1. The fourth-order valence-electron chi connectivity index (χ4n) is 3.63. The van der Waals surface area contributed by atoms with Crippen LogP contribution in [0, 0.1) is 0 Å². The van der Waals surface area contributed by atoms with Gasteiger partial charge in [0.1, 0.15) is 23.0 Å². The van der Waals surface area contributed by atoms with Crippen molar-refractivity contribution in [2.75, 3.05) is 27.3 Å². The lowest BCUT2D eigenvalue weighted by Gasteiger charge is -2.31. The van der Waals surface area contributed by atoms with Crippen molar-refractivity contribution in [3.63, 3.8) is 0 Å². The Balaban J connectivity index is 1.51. The number of carbonyl (C=O) groups is 1. The Hall–Kier alpha value is -2.48. The molecule has 0 unspecified atom stereocenters. The summed E-state index contributed by atoms with van der Waals surface area (Å²) in [5.74, 6) is 1.80. The molecule has 1 aliphatic heterocycles. The van der Waals surface area contributed by atoms with Gasteiger partial charge in [-0.25, -0.2) is 8.42 Å². The third kappa shape index (κ3) is 5.32. The summed E-state index contributed by atoms with van der Waals surface area (Å²) < 4.78 is 40.9. The summed E-state index contributed by atoms with van der Waals surface area (Å²) in [6, 6.07) is 8.90. The van der Waals surface area contributed by atoms with E-state index in [0.717, 1.165) is 5.56 Å². The van der Waals surface area contributed by atoms with Crippen molar-refractivity contribution in [2.24, 2.45) is 0 Å². The second-order valence-corrected chi connectivity index (χ2v) is 9.43. The van der Waals surface area contributed by atoms with Crippen molar-refractivity contribution in [1.82, 2.24) is 4.90 Å². The van der Waals surface area contributed by atoms with Crippen molar-refractivity contribution in [1.29, 1.82) is 0 Å². The average Bonchev–Trinajstić information content (AvgIpc) is 3.24. The molecule has 1 saturated heterocycles. The van der Waals surface area contributed by atoms with E-state index in [1.807, 2.05) is 12.1 Å². The highest BCUT2D eigenvalue weighted by molar-refractivity contribution is 7.91.